The molecule has 0 bridgehead atoms. The van der Waals surface area contributed by atoms with Crippen molar-refractivity contribution in [1.82, 2.24) is 15.1 Å². The molecule has 23 heavy (non-hydrogen) atoms. The molecule has 1 heterocycles. The molecular weight excluding hydrogens is 298 g/mol. The Labute approximate surface area is 136 Å². The van der Waals surface area contributed by atoms with Crippen LogP contribution in [0.3, 0.4) is 0 Å². The maximum atomic E-state index is 12.5. The van der Waals surface area contributed by atoms with Crippen molar-refractivity contribution < 1.29 is 19.4 Å². The summed E-state index contributed by atoms with van der Waals surface area (Å²) in [4.78, 5) is 23.8. The van der Waals surface area contributed by atoms with Gasteiger partial charge in [0.15, 0.2) is 0 Å². The first-order valence-corrected chi connectivity index (χ1v) is 8.09. The summed E-state index contributed by atoms with van der Waals surface area (Å²) in [5.41, 5.74) is 1.28. The fourth-order valence-corrected chi connectivity index (χ4v) is 3.09. The molecule has 1 aliphatic rings. The highest BCUT2D eigenvalue weighted by Crippen LogP contribution is 2.33. The van der Waals surface area contributed by atoms with Crippen LogP contribution in [0.5, 0.6) is 0 Å². The van der Waals surface area contributed by atoms with Gasteiger partial charge < -0.3 is 15.2 Å². The van der Waals surface area contributed by atoms with E-state index in [9.17, 15) is 14.7 Å². The first-order valence-electron chi connectivity index (χ1n) is 8.09. The summed E-state index contributed by atoms with van der Waals surface area (Å²) in [5.74, 6) is -1.14. The Hall–Kier alpha value is -1.89. The molecule has 0 spiro atoms. The Morgan fingerprint density at radius 3 is 2.74 bits per heavy atom. The number of aliphatic carboxylic acids is 1. The van der Waals surface area contributed by atoms with E-state index in [1.165, 1.54) is 13.5 Å². The van der Waals surface area contributed by atoms with Crippen molar-refractivity contribution in [2.75, 3.05) is 13.7 Å². The van der Waals surface area contributed by atoms with Gasteiger partial charge in [-0.25, -0.2) is 4.79 Å². The molecule has 1 aliphatic carbocycles. The Morgan fingerprint density at radius 2 is 2.13 bits per heavy atom. The lowest BCUT2D eigenvalue weighted by molar-refractivity contribution is -0.139. The third-order valence-corrected chi connectivity index (χ3v) is 4.31. The predicted molar refractivity (Wildman–Crippen MR) is 84.4 cm³/mol. The van der Waals surface area contributed by atoms with E-state index in [-0.39, 0.29) is 24.9 Å². The average Bonchev–Trinajstić information content (AvgIpc) is 2.94. The first kappa shape index (κ1) is 17.5. The van der Waals surface area contributed by atoms with Gasteiger partial charge >= 0.3 is 5.97 Å². The van der Waals surface area contributed by atoms with Gasteiger partial charge in [0.1, 0.15) is 6.04 Å². The fraction of sp³-hybridized carbons (Fsp3) is 0.688. The van der Waals surface area contributed by atoms with E-state index in [1.807, 2.05) is 0 Å². The first-order chi connectivity index (χ1) is 11.0. The van der Waals surface area contributed by atoms with Crippen LogP contribution in [0.1, 0.15) is 60.5 Å². The maximum Gasteiger partial charge on any atom is 0.326 e. The Balaban J connectivity index is 2.13. The van der Waals surface area contributed by atoms with Crippen molar-refractivity contribution >= 4 is 11.9 Å². The zero-order valence-corrected chi connectivity index (χ0v) is 13.7. The Bertz CT molecular complexity index is 550. The number of carbonyl (C=O) groups is 2. The standard InChI is InChI=1S/C16H25N3O4/c1-19-10-12(14(18-19)11-6-4-3-5-7-11)15(20)17-13(16(21)22)8-9-23-2/h10-11,13H,3-9H2,1-2H3,(H,17,20)(H,21,22). The second kappa shape index (κ2) is 8.10. The Morgan fingerprint density at radius 1 is 1.43 bits per heavy atom. The van der Waals surface area contributed by atoms with Crippen molar-refractivity contribution in [3.8, 4) is 0 Å². The average molecular weight is 323 g/mol. The fourth-order valence-electron chi connectivity index (χ4n) is 3.09. The van der Waals surface area contributed by atoms with Crippen LogP contribution < -0.4 is 5.32 Å². The second-order valence-corrected chi connectivity index (χ2v) is 6.08. The second-order valence-electron chi connectivity index (χ2n) is 6.08. The quantitative estimate of drug-likeness (QED) is 0.796. The van der Waals surface area contributed by atoms with Gasteiger partial charge in [0.05, 0.1) is 11.3 Å². The number of methoxy groups -OCH3 is 1. The summed E-state index contributed by atoms with van der Waals surface area (Å²) in [6, 6.07) is -0.957. The summed E-state index contributed by atoms with van der Waals surface area (Å²) in [7, 11) is 3.28. The van der Waals surface area contributed by atoms with E-state index in [4.69, 9.17) is 4.74 Å². The lowest BCUT2D eigenvalue weighted by Crippen LogP contribution is -2.41. The van der Waals surface area contributed by atoms with Crippen LogP contribution in [-0.2, 0) is 16.6 Å². The van der Waals surface area contributed by atoms with E-state index in [1.54, 1.807) is 17.9 Å². The summed E-state index contributed by atoms with van der Waals surface area (Å²) >= 11 is 0. The highest BCUT2D eigenvalue weighted by Gasteiger charge is 2.27. The number of hydrogen-bond acceptors (Lipinski definition) is 4. The molecule has 1 saturated carbocycles. The lowest BCUT2D eigenvalue weighted by atomic mass is 9.85. The van der Waals surface area contributed by atoms with Gasteiger partial charge in [-0.05, 0) is 12.8 Å². The minimum absolute atomic E-state index is 0.233. The molecule has 1 fully saturated rings. The third kappa shape index (κ3) is 4.54. The summed E-state index contributed by atoms with van der Waals surface area (Å²) < 4.78 is 6.53. The normalized spacial score (nSPS) is 17.0. The van der Waals surface area contributed by atoms with Gasteiger partial charge in [-0.1, -0.05) is 19.3 Å². The summed E-state index contributed by atoms with van der Waals surface area (Å²) in [6.45, 7) is 0.278. The minimum atomic E-state index is -1.06. The minimum Gasteiger partial charge on any atom is -0.480 e. The zero-order valence-electron chi connectivity index (χ0n) is 13.7. The van der Waals surface area contributed by atoms with Crippen molar-refractivity contribution in [2.24, 2.45) is 7.05 Å². The van der Waals surface area contributed by atoms with E-state index in [0.717, 1.165) is 31.4 Å². The number of aryl methyl sites for hydroxylation is 1. The molecule has 0 aliphatic heterocycles. The van der Waals surface area contributed by atoms with Crippen LogP contribution in [0.2, 0.25) is 0 Å². The molecule has 1 amide bonds. The Kier molecular flexibility index (Phi) is 6.15. The molecule has 0 radical (unpaired) electrons. The number of ether oxygens (including phenoxy) is 1. The highest BCUT2D eigenvalue weighted by atomic mass is 16.5. The number of hydrogen-bond donors (Lipinski definition) is 2. The third-order valence-electron chi connectivity index (χ3n) is 4.31. The van der Waals surface area contributed by atoms with Crippen molar-refractivity contribution in [2.45, 2.75) is 50.5 Å². The zero-order chi connectivity index (χ0) is 16.8. The molecule has 7 nitrogen and oxygen atoms in total. The van der Waals surface area contributed by atoms with Gasteiger partial charge in [0.25, 0.3) is 5.91 Å². The van der Waals surface area contributed by atoms with Crippen LogP contribution in [-0.4, -0.2) is 46.5 Å². The number of amides is 1. The SMILES string of the molecule is COCCC(NC(=O)c1cn(C)nc1C1CCCCC1)C(=O)O. The lowest BCUT2D eigenvalue weighted by Gasteiger charge is -2.21. The number of carboxylic acid groups (broad SMARTS) is 1. The number of aromatic nitrogens is 2. The maximum absolute atomic E-state index is 12.5. The number of nitrogens with one attached hydrogen (secondary N) is 1. The molecule has 128 valence electrons. The number of rotatable bonds is 7. The molecule has 0 aromatic carbocycles. The van der Waals surface area contributed by atoms with Crippen LogP contribution >= 0.6 is 0 Å². The summed E-state index contributed by atoms with van der Waals surface area (Å²) in [6.07, 6.45) is 7.49. The van der Waals surface area contributed by atoms with Gasteiger partial charge in [-0.2, -0.15) is 5.10 Å². The number of carbonyl (C=O) groups excluding carboxylic acids is 1. The topological polar surface area (TPSA) is 93.5 Å². The van der Waals surface area contributed by atoms with Gasteiger partial charge in [0.2, 0.25) is 0 Å². The van der Waals surface area contributed by atoms with Crippen LogP contribution in [0.25, 0.3) is 0 Å². The van der Waals surface area contributed by atoms with Crippen molar-refractivity contribution in [1.29, 1.82) is 0 Å². The smallest absolute Gasteiger partial charge is 0.326 e. The van der Waals surface area contributed by atoms with Gasteiger partial charge in [0, 0.05) is 39.3 Å². The monoisotopic (exact) mass is 323 g/mol. The molecule has 1 aromatic heterocycles. The molecule has 1 unspecified atom stereocenters. The number of nitrogens with zero attached hydrogens (tertiary/aromatic N) is 2. The van der Waals surface area contributed by atoms with Crippen molar-refractivity contribution in [3.05, 3.63) is 17.5 Å². The molecule has 2 N–H and O–H groups in total. The largest absolute Gasteiger partial charge is 0.480 e. The van der Waals surface area contributed by atoms with E-state index in [2.05, 4.69) is 10.4 Å². The molecular formula is C16H25N3O4. The van der Waals surface area contributed by atoms with Crippen LogP contribution in [0.15, 0.2) is 6.20 Å². The molecule has 2 rings (SSSR count). The highest BCUT2D eigenvalue weighted by molar-refractivity contribution is 5.97. The molecule has 1 atom stereocenters. The summed E-state index contributed by atoms with van der Waals surface area (Å²) in [5, 5.41) is 16.3. The van der Waals surface area contributed by atoms with Crippen molar-refractivity contribution in [3.63, 3.8) is 0 Å². The van der Waals surface area contributed by atoms with Crippen LogP contribution in [0.4, 0.5) is 0 Å². The van der Waals surface area contributed by atoms with Gasteiger partial charge in [-0.15, -0.1) is 0 Å². The van der Waals surface area contributed by atoms with E-state index >= 15 is 0 Å². The molecule has 0 saturated heterocycles. The predicted octanol–water partition coefficient (Wildman–Crippen LogP) is 1.69. The van der Waals surface area contributed by atoms with Gasteiger partial charge in [-0.3, -0.25) is 9.48 Å². The van der Waals surface area contributed by atoms with E-state index < -0.39 is 12.0 Å². The van der Waals surface area contributed by atoms with Crippen LogP contribution in [0, 0.1) is 0 Å². The van der Waals surface area contributed by atoms with E-state index in [0.29, 0.717) is 5.56 Å². The molecule has 7 heteroatoms. The molecule has 1 aromatic rings. The number of carboxylic acids is 1.